The van der Waals surface area contributed by atoms with E-state index in [0.29, 0.717) is 6.54 Å². The molecule has 6 heteroatoms. The molecule has 0 saturated carbocycles. The number of aryl methyl sites for hydroxylation is 1. The first-order valence-corrected chi connectivity index (χ1v) is 8.84. The number of hydrogen-bond acceptors (Lipinski definition) is 4. The summed E-state index contributed by atoms with van der Waals surface area (Å²) in [6.45, 7) is 8.23. The number of aliphatic imine (C=N–C) groups is 1. The first-order valence-electron chi connectivity index (χ1n) is 8.03. The molecule has 5 nitrogen and oxygen atoms in total. The molecule has 0 unspecified atom stereocenters. The molecule has 2 heterocycles. The SMILES string of the molecule is CCNC(=NCc1ncc(CC)s1)NCCC1=CCOCC1. The lowest BCUT2D eigenvalue weighted by molar-refractivity contribution is 0.153. The molecule has 0 radical (unpaired) electrons. The number of aromatic nitrogens is 1. The average Bonchev–Trinajstić information content (AvgIpc) is 3.02. The fraction of sp³-hybridized carbons (Fsp3) is 0.625. The van der Waals surface area contributed by atoms with E-state index in [4.69, 9.17) is 4.74 Å². The van der Waals surface area contributed by atoms with Crippen LogP contribution in [0.25, 0.3) is 0 Å². The first kappa shape index (κ1) is 17.0. The molecule has 0 atom stereocenters. The summed E-state index contributed by atoms with van der Waals surface area (Å²) in [4.78, 5) is 10.3. The molecule has 1 aromatic heterocycles. The van der Waals surface area contributed by atoms with Crippen LogP contribution >= 0.6 is 11.3 Å². The van der Waals surface area contributed by atoms with E-state index >= 15 is 0 Å². The van der Waals surface area contributed by atoms with Crippen molar-refractivity contribution in [2.24, 2.45) is 4.99 Å². The summed E-state index contributed by atoms with van der Waals surface area (Å²) >= 11 is 1.74. The molecule has 0 aromatic carbocycles. The summed E-state index contributed by atoms with van der Waals surface area (Å²) in [7, 11) is 0. The lowest BCUT2D eigenvalue weighted by Gasteiger charge is -2.15. The molecule has 1 aliphatic heterocycles. The summed E-state index contributed by atoms with van der Waals surface area (Å²) < 4.78 is 5.33. The predicted molar refractivity (Wildman–Crippen MR) is 92.4 cm³/mol. The number of guanidine groups is 1. The van der Waals surface area contributed by atoms with Gasteiger partial charge in [-0.1, -0.05) is 18.6 Å². The van der Waals surface area contributed by atoms with Gasteiger partial charge in [0.25, 0.3) is 0 Å². The van der Waals surface area contributed by atoms with E-state index in [1.807, 2.05) is 6.20 Å². The third-order valence-corrected chi connectivity index (χ3v) is 4.59. The number of thiazole rings is 1. The lowest BCUT2D eigenvalue weighted by Crippen LogP contribution is -2.38. The summed E-state index contributed by atoms with van der Waals surface area (Å²) in [5.74, 6) is 0.864. The van der Waals surface area contributed by atoms with Crippen LogP contribution in [0.2, 0.25) is 0 Å². The van der Waals surface area contributed by atoms with Gasteiger partial charge >= 0.3 is 0 Å². The molecule has 122 valence electrons. The van der Waals surface area contributed by atoms with Gasteiger partial charge in [-0.2, -0.15) is 0 Å². The van der Waals surface area contributed by atoms with Gasteiger partial charge in [0, 0.05) is 24.2 Å². The van der Waals surface area contributed by atoms with Crippen LogP contribution in [-0.2, 0) is 17.7 Å². The summed E-state index contributed by atoms with van der Waals surface area (Å²) in [6, 6.07) is 0. The summed E-state index contributed by atoms with van der Waals surface area (Å²) in [5.41, 5.74) is 1.47. The highest BCUT2D eigenvalue weighted by molar-refractivity contribution is 7.11. The van der Waals surface area contributed by atoms with Crippen LogP contribution in [0.15, 0.2) is 22.8 Å². The Labute approximate surface area is 136 Å². The van der Waals surface area contributed by atoms with Gasteiger partial charge in [-0.3, -0.25) is 0 Å². The van der Waals surface area contributed by atoms with Crippen molar-refractivity contribution in [2.75, 3.05) is 26.3 Å². The van der Waals surface area contributed by atoms with Crippen molar-refractivity contribution in [3.63, 3.8) is 0 Å². The molecule has 22 heavy (non-hydrogen) atoms. The number of ether oxygens (including phenoxy) is 1. The largest absolute Gasteiger partial charge is 0.377 e. The summed E-state index contributed by atoms with van der Waals surface area (Å²) in [5, 5.41) is 7.75. The number of rotatable bonds is 7. The topological polar surface area (TPSA) is 58.5 Å². The maximum absolute atomic E-state index is 5.33. The highest BCUT2D eigenvalue weighted by atomic mass is 32.1. The van der Waals surface area contributed by atoms with Crippen LogP contribution in [0.1, 0.15) is 36.6 Å². The van der Waals surface area contributed by atoms with E-state index in [9.17, 15) is 0 Å². The standard InChI is InChI=1S/C16H26N4OS/c1-3-14-11-19-15(22-14)12-20-16(17-4-2)18-8-5-13-6-9-21-10-7-13/h6,11H,3-5,7-10,12H2,1-2H3,(H2,17,18,20). The fourth-order valence-electron chi connectivity index (χ4n) is 2.21. The van der Waals surface area contributed by atoms with E-state index in [2.05, 4.69) is 40.5 Å². The minimum atomic E-state index is 0.635. The average molecular weight is 322 g/mol. The molecule has 2 N–H and O–H groups in total. The molecular formula is C16H26N4OS. The van der Waals surface area contributed by atoms with Gasteiger partial charge in [0.15, 0.2) is 5.96 Å². The van der Waals surface area contributed by atoms with E-state index in [0.717, 1.165) is 56.5 Å². The van der Waals surface area contributed by atoms with Crippen LogP contribution < -0.4 is 10.6 Å². The second kappa shape index (κ2) is 9.58. The van der Waals surface area contributed by atoms with Crippen LogP contribution in [0.5, 0.6) is 0 Å². The molecule has 0 amide bonds. The van der Waals surface area contributed by atoms with Crippen LogP contribution in [0.4, 0.5) is 0 Å². The van der Waals surface area contributed by atoms with Crippen molar-refractivity contribution in [1.82, 2.24) is 15.6 Å². The Kier molecular flexibility index (Phi) is 7.39. The molecule has 0 fully saturated rings. The molecule has 1 aromatic rings. The Morgan fingerprint density at radius 1 is 1.41 bits per heavy atom. The Balaban J connectivity index is 1.80. The first-order chi connectivity index (χ1) is 10.8. The Morgan fingerprint density at radius 3 is 3.00 bits per heavy atom. The van der Waals surface area contributed by atoms with Gasteiger partial charge < -0.3 is 15.4 Å². The lowest BCUT2D eigenvalue weighted by atomic mass is 10.1. The maximum Gasteiger partial charge on any atom is 0.191 e. The van der Waals surface area contributed by atoms with Gasteiger partial charge in [0.05, 0.1) is 19.8 Å². The molecule has 1 aliphatic rings. The van der Waals surface area contributed by atoms with E-state index in [1.54, 1.807) is 11.3 Å². The fourth-order valence-corrected chi connectivity index (χ4v) is 2.99. The molecular weight excluding hydrogens is 296 g/mol. The van der Waals surface area contributed by atoms with Gasteiger partial charge in [-0.25, -0.2) is 9.98 Å². The quantitative estimate of drug-likeness (QED) is 0.460. The van der Waals surface area contributed by atoms with Crippen molar-refractivity contribution in [3.05, 3.63) is 27.7 Å². The Hall–Kier alpha value is -1.40. The van der Waals surface area contributed by atoms with Crippen molar-refractivity contribution in [1.29, 1.82) is 0 Å². The Bertz CT molecular complexity index is 510. The third-order valence-electron chi connectivity index (χ3n) is 3.46. The molecule has 2 rings (SSSR count). The smallest absolute Gasteiger partial charge is 0.191 e. The van der Waals surface area contributed by atoms with Crippen molar-refractivity contribution in [3.8, 4) is 0 Å². The van der Waals surface area contributed by atoms with Crippen molar-refractivity contribution < 1.29 is 4.74 Å². The minimum Gasteiger partial charge on any atom is -0.377 e. The van der Waals surface area contributed by atoms with Gasteiger partial charge in [0.2, 0.25) is 0 Å². The second-order valence-electron chi connectivity index (χ2n) is 5.13. The zero-order valence-corrected chi connectivity index (χ0v) is 14.3. The molecule has 0 bridgehead atoms. The van der Waals surface area contributed by atoms with Gasteiger partial charge in [-0.05, 0) is 26.2 Å². The summed E-state index contributed by atoms with van der Waals surface area (Å²) in [6.07, 6.45) is 7.28. The molecule has 0 aliphatic carbocycles. The minimum absolute atomic E-state index is 0.635. The number of nitrogens with one attached hydrogen (secondary N) is 2. The maximum atomic E-state index is 5.33. The molecule has 0 spiro atoms. The van der Waals surface area contributed by atoms with Crippen LogP contribution in [-0.4, -0.2) is 37.2 Å². The van der Waals surface area contributed by atoms with Crippen LogP contribution in [0, 0.1) is 0 Å². The monoisotopic (exact) mass is 322 g/mol. The highest BCUT2D eigenvalue weighted by Crippen LogP contribution is 2.14. The highest BCUT2D eigenvalue weighted by Gasteiger charge is 2.05. The second-order valence-corrected chi connectivity index (χ2v) is 6.33. The molecule has 0 saturated heterocycles. The van der Waals surface area contributed by atoms with E-state index < -0.39 is 0 Å². The van der Waals surface area contributed by atoms with Crippen LogP contribution in [0.3, 0.4) is 0 Å². The third kappa shape index (κ3) is 5.77. The zero-order valence-electron chi connectivity index (χ0n) is 13.5. The van der Waals surface area contributed by atoms with E-state index in [-0.39, 0.29) is 0 Å². The predicted octanol–water partition coefficient (Wildman–Crippen LogP) is 2.50. The zero-order chi connectivity index (χ0) is 15.6. The number of hydrogen-bond donors (Lipinski definition) is 2. The van der Waals surface area contributed by atoms with Gasteiger partial charge in [0.1, 0.15) is 5.01 Å². The van der Waals surface area contributed by atoms with Gasteiger partial charge in [-0.15, -0.1) is 11.3 Å². The van der Waals surface area contributed by atoms with E-state index in [1.165, 1.54) is 10.5 Å². The normalized spacial score (nSPS) is 15.5. The van der Waals surface area contributed by atoms with Crippen molar-refractivity contribution in [2.45, 2.75) is 39.7 Å². The van der Waals surface area contributed by atoms with Crippen molar-refractivity contribution >= 4 is 17.3 Å². The Morgan fingerprint density at radius 2 is 2.32 bits per heavy atom. The number of nitrogens with zero attached hydrogens (tertiary/aromatic N) is 2.